The van der Waals surface area contributed by atoms with Gasteiger partial charge in [0.2, 0.25) is 0 Å². The molecule has 1 rings (SSSR count). The maximum atomic E-state index is 10.9. The second kappa shape index (κ2) is 3.95. The highest BCUT2D eigenvalue weighted by Crippen LogP contribution is 2.33. The minimum Gasteiger partial charge on any atom is -0.207 e. The van der Waals surface area contributed by atoms with Crippen LogP contribution in [0.1, 0.15) is 0 Å². The minimum absolute atomic E-state index is 0.0876. The molecule has 1 aromatic rings. The first-order chi connectivity index (χ1) is 5.82. The Balaban J connectivity index is 3.47. The summed E-state index contributed by atoms with van der Waals surface area (Å²) >= 11 is 14.4. The Labute approximate surface area is 98.3 Å². The van der Waals surface area contributed by atoms with Crippen LogP contribution in [-0.4, -0.2) is 8.42 Å². The predicted octanol–water partition coefficient (Wildman–Crippen LogP) is 3.68. The molecular weight excluding hydrogens is 322 g/mol. The molecule has 0 atom stereocenters. The molecule has 0 amide bonds. The van der Waals surface area contributed by atoms with Gasteiger partial charge in [-0.05, 0) is 28.1 Å². The Hall–Kier alpha value is 0.520. The van der Waals surface area contributed by atoms with Gasteiger partial charge in [-0.15, -0.1) is 0 Å². The molecule has 0 spiro atoms. The third-order valence-electron chi connectivity index (χ3n) is 1.24. The van der Waals surface area contributed by atoms with Gasteiger partial charge in [-0.2, -0.15) is 0 Å². The van der Waals surface area contributed by atoms with Gasteiger partial charge in [-0.25, -0.2) is 8.42 Å². The summed E-state index contributed by atoms with van der Waals surface area (Å²) in [5, 5.41) is 0.390. The number of benzene rings is 1. The molecule has 0 heterocycles. The molecule has 0 bridgehead atoms. The van der Waals surface area contributed by atoms with Crippen molar-refractivity contribution in [2.45, 2.75) is 4.90 Å². The lowest BCUT2D eigenvalue weighted by Crippen LogP contribution is -1.90. The van der Waals surface area contributed by atoms with Crippen molar-refractivity contribution in [3.05, 3.63) is 26.7 Å². The lowest BCUT2D eigenvalue weighted by Gasteiger charge is -2.01. The van der Waals surface area contributed by atoms with E-state index in [1.165, 1.54) is 12.1 Å². The van der Waals surface area contributed by atoms with E-state index in [0.717, 1.165) is 0 Å². The fraction of sp³-hybridized carbons (Fsp3) is 0. The fourth-order valence-corrected chi connectivity index (χ4v) is 2.58. The molecule has 0 aromatic heterocycles. The summed E-state index contributed by atoms with van der Waals surface area (Å²) in [7, 11) is 1.34. The lowest BCUT2D eigenvalue weighted by molar-refractivity contribution is 0.609. The second-order valence-corrected chi connectivity index (χ2v) is 6.34. The third kappa shape index (κ3) is 2.73. The van der Waals surface area contributed by atoms with Gasteiger partial charge < -0.3 is 0 Å². The van der Waals surface area contributed by atoms with Crippen molar-refractivity contribution in [3.63, 3.8) is 0 Å². The zero-order chi connectivity index (χ0) is 10.2. The smallest absolute Gasteiger partial charge is 0.207 e. The van der Waals surface area contributed by atoms with E-state index in [1.807, 2.05) is 0 Å². The van der Waals surface area contributed by atoms with Crippen LogP contribution in [0.15, 0.2) is 21.5 Å². The van der Waals surface area contributed by atoms with Gasteiger partial charge in [0, 0.05) is 15.2 Å². The number of rotatable bonds is 1. The van der Waals surface area contributed by atoms with Crippen LogP contribution in [-0.2, 0) is 9.05 Å². The molecule has 0 aliphatic heterocycles. The average molecular weight is 324 g/mol. The molecule has 0 fully saturated rings. The van der Waals surface area contributed by atoms with Gasteiger partial charge in [0.1, 0.15) is 0 Å². The van der Waals surface area contributed by atoms with Gasteiger partial charge in [0.15, 0.2) is 0 Å². The quantitative estimate of drug-likeness (QED) is 0.583. The van der Waals surface area contributed by atoms with Crippen LogP contribution in [0.3, 0.4) is 0 Å². The second-order valence-electron chi connectivity index (χ2n) is 2.14. The van der Waals surface area contributed by atoms with Crippen LogP contribution in [0.2, 0.25) is 10.0 Å². The molecule has 7 heteroatoms. The standard InChI is InChI=1S/C6H2BrCl3O2S/c7-4-1-3(13(10,11)12)2-5(8)6(4)9/h1-2H. The maximum Gasteiger partial charge on any atom is 0.261 e. The van der Waals surface area contributed by atoms with Crippen molar-refractivity contribution in [2.75, 3.05) is 0 Å². The van der Waals surface area contributed by atoms with Crippen molar-refractivity contribution < 1.29 is 8.42 Å². The summed E-state index contributed by atoms with van der Waals surface area (Å²) in [5.41, 5.74) is 0. The molecule has 2 nitrogen and oxygen atoms in total. The molecular formula is C6H2BrCl3O2S. The van der Waals surface area contributed by atoms with E-state index in [-0.39, 0.29) is 14.9 Å². The summed E-state index contributed by atoms with van der Waals surface area (Å²) < 4.78 is 22.2. The van der Waals surface area contributed by atoms with Crippen LogP contribution < -0.4 is 0 Å². The largest absolute Gasteiger partial charge is 0.261 e. The first-order valence-corrected chi connectivity index (χ1v) is 6.77. The van der Waals surface area contributed by atoms with E-state index in [4.69, 9.17) is 33.9 Å². The highest BCUT2D eigenvalue weighted by Gasteiger charge is 2.14. The van der Waals surface area contributed by atoms with Crippen molar-refractivity contribution in [2.24, 2.45) is 0 Å². The Morgan fingerprint density at radius 1 is 1.23 bits per heavy atom. The zero-order valence-electron chi connectivity index (χ0n) is 5.89. The molecule has 13 heavy (non-hydrogen) atoms. The molecule has 0 radical (unpaired) electrons. The van der Waals surface area contributed by atoms with Crippen LogP contribution >= 0.6 is 49.8 Å². The maximum absolute atomic E-state index is 10.9. The topological polar surface area (TPSA) is 34.1 Å². The molecule has 0 aliphatic rings. The summed E-state index contributed by atoms with van der Waals surface area (Å²) in [6, 6.07) is 2.48. The Morgan fingerprint density at radius 2 is 1.77 bits per heavy atom. The summed E-state index contributed by atoms with van der Waals surface area (Å²) in [6.45, 7) is 0. The molecule has 0 saturated carbocycles. The Morgan fingerprint density at radius 3 is 2.15 bits per heavy atom. The molecule has 0 N–H and O–H groups in total. The summed E-state index contributed by atoms with van der Waals surface area (Å²) in [5.74, 6) is 0. The van der Waals surface area contributed by atoms with Crippen molar-refractivity contribution in [1.29, 1.82) is 0 Å². The normalized spacial score (nSPS) is 11.7. The van der Waals surface area contributed by atoms with Gasteiger partial charge in [0.05, 0.1) is 14.9 Å². The first-order valence-electron chi connectivity index (χ1n) is 2.91. The predicted molar refractivity (Wildman–Crippen MR) is 57.2 cm³/mol. The van der Waals surface area contributed by atoms with Gasteiger partial charge in [-0.3, -0.25) is 0 Å². The van der Waals surface area contributed by atoms with E-state index < -0.39 is 9.05 Å². The van der Waals surface area contributed by atoms with E-state index in [0.29, 0.717) is 4.47 Å². The minimum atomic E-state index is -3.77. The first kappa shape index (κ1) is 11.6. The van der Waals surface area contributed by atoms with E-state index >= 15 is 0 Å². The van der Waals surface area contributed by atoms with E-state index in [1.54, 1.807) is 0 Å². The molecule has 72 valence electrons. The average Bonchev–Trinajstić information content (AvgIpc) is 1.97. The molecule has 0 saturated heterocycles. The van der Waals surface area contributed by atoms with Crippen LogP contribution in [0, 0.1) is 0 Å². The number of hydrogen-bond donors (Lipinski definition) is 0. The summed E-state index contributed by atoms with van der Waals surface area (Å²) in [6.07, 6.45) is 0. The van der Waals surface area contributed by atoms with Gasteiger partial charge in [-0.1, -0.05) is 23.2 Å². The zero-order valence-corrected chi connectivity index (χ0v) is 10.6. The van der Waals surface area contributed by atoms with Crippen LogP contribution in [0.25, 0.3) is 0 Å². The molecule has 0 aliphatic carbocycles. The lowest BCUT2D eigenvalue weighted by atomic mass is 10.4. The van der Waals surface area contributed by atoms with E-state index in [9.17, 15) is 8.42 Å². The molecule has 1 aromatic carbocycles. The van der Waals surface area contributed by atoms with Crippen LogP contribution in [0.5, 0.6) is 0 Å². The van der Waals surface area contributed by atoms with Gasteiger partial charge in [0.25, 0.3) is 9.05 Å². The SMILES string of the molecule is O=S(=O)(Cl)c1cc(Cl)c(Cl)c(Br)c1. The Kier molecular flexibility index (Phi) is 3.52. The highest BCUT2D eigenvalue weighted by atomic mass is 79.9. The number of halogens is 4. The van der Waals surface area contributed by atoms with Gasteiger partial charge >= 0.3 is 0 Å². The van der Waals surface area contributed by atoms with Crippen molar-refractivity contribution >= 4 is 58.9 Å². The Bertz CT molecular complexity index is 420. The number of hydrogen-bond acceptors (Lipinski definition) is 2. The van der Waals surface area contributed by atoms with E-state index in [2.05, 4.69) is 15.9 Å². The fourth-order valence-electron chi connectivity index (χ4n) is 0.673. The van der Waals surface area contributed by atoms with Crippen molar-refractivity contribution in [3.8, 4) is 0 Å². The highest BCUT2D eigenvalue weighted by molar-refractivity contribution is 9.10. The van der Waals surface area contributed by atoms with Crippen molar-refractivity contribution in [1.82, 2.24) is 0 Å². The molecule has 0 unspecified atom stereocenters. The van der Waals surface area contributed by atoms with Crippen LogP contribution in [0.4, 0.5) is 0 Å². The monoisotopic (exact) mass is 322 g/mol. The summed E-state index contributed by atoms with van der Waals surface area (Å²) in [4.78, 5) is -0.0876. The third-order valence-corrected chi connectivity index (χ3v) is 4.23.